The fourth-order valence-corrected chi connectivity index (χ4v) is 2.89. The Bertz CT molecular complexity index is 615. The number of nitrogens with zero attached hydrogens (tertiary/aromatic N) is 3. The highest BCUT2D eigenvalue weighted by molar-refractivity contribution is 7.22. The molecule has 0 radical (unpaired) electrons. The summed E-state index contributed by atoms with van der Waals surface area (Å²) in [6.45, 7) is 3.01. The van der Waals surface area contributed by atoms with Gasteiger partial charge in [0.05, 0.1) is 17.3 Å². The molecule has 2 rings (SSSR count). The summed E-state index contributed by atoms with van der Waals surface area (Å²) >= 11 is 1.51. The van der Waals surface area contributed by atoms with Crippen LogP contribution < -0.4 is 9.64 Å². The molecule has 0 fully saturated rings. The molecule has 2 aromatic rings. The van der Waals surface area contributed by atoms with Crippen LogP contribution in [0.15, 0.2) is 18.2 Å². The molecule has 21 heavy (non-hydrogen) atoms. The summed E-state index contributed by atoms with van der Waals surface area (Å²) in [5.74, 6) is 0.813. The van der Waals surface area contributed by atoms with Crippen LogP contribution >= 0.6 is 23.7 Å². The second-order valence-corrected chi connectivity index (χ2v) is 5.81. The van der Waals surface area contributed by atoms with Crippen LogP contribution in [-0.4, -0.2) is 50.1 Å². The molecule has 1 heterocycles. The lowest BCUT2D eigenvalue weighted by atomic mass is 10.3. The number of aromatic nitrogens is 1. The van der Waals surface area contributed by atoms with E-state index in [1.807, 2.05) is 37.2 Å². The van der Waals surface area contributed by atoms with Crippen molar-refractivity contribution in [2.24, 2.45) is 0 Å². The largest absolute Gasteiger partial charge is 0.497 e. The zero-order valence-electron chi connectivity index (χ0n) is 12.6. The average molecular weight is 330 g/mol. The predicted molar refractivity (Wildman–Crippen MR) is 90.0 cm³/mol. The van der Waals surface area contributed by atoms with Gasteiger partial charge in [-0.05, 0) is 32.3 Å². The third-order valence-electron chi connectivity index (χ3n) is 2.97. The number of fused-ring (bicyclic) bond motifs is 1. The molecule has 0 unspecified atom stereocenters. The lowest BCUT2D eigenvalue weighted by Gasteiger charge is -2.20. The van der Waals surface area contributed by atoms with Gasteiger partial charge >= 0.3 is 0 Å². The van der Waals surface area contributed by atoms with Gasteiger partial charge in [-0.2, -0.15) is 0 Å². The van der Waals surface area contributed by atoms with E-state index in [2.05, 4.69) is 4.98 Å². The standard InChI is InChI=1S/C14H19N3O2S.ClH/c1-10(18)17(8-7-16(2)3)14-15-12-6-5-11(19-4)9-13(12)20-14;/h5-6,9H,7-8H2,1-4H3;1H. The smallest absolute Gasteiger partial charge is 0.225 e. The lowest BCUT2D eigenvalue weighted by Crippen LogP contribution is -2.35. The molecule has 0 saturated carbocycles. The molecule has 5 nitrogen and oxygen atoms in total. The quantitative estimate of drug-likeness (QED) is 0.846. The number of thiazole rings is 1. The topological polar surface area (TPSA) is 45.7 Å². The van der Waals surface area contributed by atoms with Crippen LogP contribution in [0.3, 0.4) is 0 Å². The second-order valence-electron chi connectivity index (χ2n) is 4.80. The highest BCUT2D eigenvalue weighted by Gasteiger charge is 2.16. The van der Waals surface area contributed by atoms with Gasteiger partial charge in [-0.15, -0.1) is 12.4 Å². The number of likely N-dealkylation sites (N-methyl/N-ethyl adjacent to an activating group) is 1. The van der Waals surface area contributed by atoms with E-state index in [4.69, 9.17) is 4.74 Å². The van der Waals surface area contributed by atoms with Crippen molar-refractivity contribution in [2.45, 2.75) is 6.92 Å². The van der Waals surface area contributed by atoms with Crippen LogP contribution in [0.25, 0.3) is 10.2 Å². The zero-order chi connectivity index (χ0) is 14.7. The number of hydrogen-bond donors (Lipinski definition) is 0. The van der Waals surface area contributed by atoms with Crippen LogP contribution in [0.2, 0.25) is 0 Å². The number of carbonyl (C=O) groups is 1. The van der Waals surface area contributed by atoms with Crippen molar-refractivity contribution in [3.63, 3.8) is 0 Å². The van der Waals surface area contributed by atoms with Crippen LogP contribution in [0.4, 0.5) is 5.13 Å². The summed E-state index contributed by atoms with van der Waals surface area (Å²) in [6, 6.07) is 5.74. The molecule has 1 aromatic carbocycles. The Morgan fingerprint density at radius 1 is 1.33 bits per heavy atom. The molecule has 0 aliphatic heterocycles. The Balaban J connectivity index is 0.00000220. The van der Waals surface area contributed by atoms with Gasteiger partial charge in [-0.1, -0.05) is 11.3 Å². The molecule has 0 atom stereocenters. The Morgan fingerprint density at radius 2 is 2.05 bits per heavy atom. The van der Waals surface area contributed by atoms with Gasteiger partial charge in [-0.25, -0.2) is 4.98 Å². The minimum Gasteiger partial charge on any atom is -0.497 e. The first-order valence-electron chi connectivity index (χ1n) is 6.38. The predicted octanol–water partition coefficient (Wildman–Crippen LogP) is 2.64. The third-order valence-corrected chi connectivity index (χ3v) is 4.01. The van der Waals surface area contributed by atoms with Gasteiger partial charge in [0.15, 0.2) is 5.13 Å². The van der Waals surface area contributed by atoms with Gasteiger partial charge in [0.1, 0.15) is 5.75 Å². The SMILES string of the molecule is COc1ccc2nc(N(CCN(C)C)C(C)=O)sc2c1.Cl. The third kappa shape index (κ3) is 4.30. The summed E-state index contributed by atoms with van der Waals surface area (Å²) in [5, 5.41) is 0.739. The molecule has 7 heteroatoms. The lowest BCUT2D eigenvalue weighted by molar-refractivity contribution is -0.116. The second kappa shape index (κ2) is 7.59. The first kappa shape index (κ1) is 17.7. The van der Waals surface area contributed by atoms with E-state index in [9.17, 15) is 4.79 Å². The number of carbonyl (C=O) groups excluding carboxylic acids is 1. The van der Waals surface area contributed by atoms with E-state index in [0.29, 0.717) is 6.54 Å². The molecule has 116 valence electrons. The molecule has 0 aliphatic rings. The van der Waals surface area contributed by atoms with E-state index >= 15 is 0 Å². The highest BCUT2D eigenvalue weighted by Crippen LogP contribution is 2.31. The maximum Gasteiger partial charge on any atom is 0.225 e. The number of halogens is 1. The van der Waals surface area contributed by atoms with Gasteiger partial charge in [0, 0.05) is 20.0 Å². The molecule has 0 saturated heterocycles. The van der Waals surface area contributed by atoms with Crippen LogP contribution in [0, 0.1) is 0 Å². The minimum atomic E-state index is 0. The van der Waals surface area contributed by atoms with Crippen LogP contribution in [-0.2, 0) is 4.79 Å². The molecular formula is C14H20ClN3O2S. The van der Waals surface area contributed by atoms with E-state index in [0.717, 1.165) is 27.6 Å². The summed E-state index contributed by atoms with van der Waals surface area (Å²) in [6.07, 6.45) is 0. The summed E-state index contributed by atoms with van der Waals surface area (Å²) in [4.78, 5) is 20.1. The number of amides is 1. The molecular weight excluding hydrogens is 310 g/mol. The Labute approximate surface area is 134 Å². The maximum absolute atomic E-state index is 11.8. The minimum absolute atomic E-state index is 0. The number of hydrogen-bond acceptors (Lipinski definition) is 5. The molecule has 1 aromatic heterocycles. The van der Waals surface area contributed by atoms with Crippen molar-refractivity contribution >= 4 is 45.0 Å². The Kier molecular flexibility index (Phi) is 6.39. The van der Waals surface area contributed by atoms with Crippen LogP contribution in [0.1, 0.15) is 6.92 Å². The first-order chi connectivity index (χ1) is 9.51. The van der Waals surface area contributed by atoms with Crippen molar-refractivity contribution in [2.75, 3.05) is 39.2 Å². The summed E-state index contributed by atoms with van der Waals surface area (Å²) in [5.41, 5.74) is 0.891. The fraction of sp³-hybridized carbons (Fsp3) is 0.429. The van der Waals surface area contributed by atoms with Gasteiger partial charge in [-0.3, -0.25) is 9.69 Å². The van der Waals surface area contributed by atoms with Crippen molar-refractivity contribution in [1.82, 2.24) is 9.88 Å². The van der Waals surface area contributed by atoms with Gasteiger partial charge < -0.3 is 9.64 Å². The van der Waals surface area contributed by atoms with Crippen molar-refractivity contribution in [3.05, 3.63) is 18.2 Å². The normalized spacial score (nSPS) is 10.5. The summed E-state index contributed by atoms with van der Waals surface area (Å²) in [7, 11) is 5.62. The highest BCUT2D eigenvalue weighted by atomic mass is 35.5. The van der Waals surface area contributed by atoms with E-state index in [1.54, 1.807) is 18.9 Å². The molecule has 0 spiro atoms. The molecule has 0 aliphatic carbocycles. The van der Waals surface area contributed by atoms with E-state index < -0.39 is 0 Å². The van der Waals surface area contributed by atoms with E-state index in [1.165, 1.54) is 11.3 Å². The number of benzene rings is 1. The van der Waals surface area contributed by atoms with E-state index in [-0.39, 0.29) is 18.3 Å². The van der Waals surface area contributed by atoms with Crippen molar-refractivity contribution in [1.29, 1.82) is 0 Å². The first-order valence-corrected chi connectivity index (χ1v) is 7.20. The number of methoxy groups -OCH3 is 1. The van der Waals surface area contributed by atoms with Gasteiger partial charge in [0.25, 0.3) is 0 Å². The number of ether oxygens (including phenoxy) is 1. The van der Waals surface area contributed by atoms with Crippen molar-refractivity contribution in [3.8, 4) is 5.75 Å². The maximum atomic E-state index is 11.8. The monoisotopic (exact) mass is 329 g/mol. The average Bonchev–Trinajstić information content (AvgIpc) is 2.80. The number of anilines is 1. The molecule has 0 bridgehead atoms. The zero-order valence-corrected chi connectivity index (χ0v) is 14.3. The molecule has 1 amide bonds. The van der Waals surface area contributed by atoms with Crippen LogP contribution in [0.5, 0.6) is 5.75 Å². The fourth-order valence-electron chi connectivity index (χ4n) is 1.82. The summed E-state index contributed by atoms with van der Waals surface area (Å²) < 4.78 is 6.23. The Morgan fingerprint density at radius 3 is 2.62 bits per heavy atom. The number of rotatable bonds is 5. The Hall–Kier alpha value is -1.37. The molecule has 0 N–H and O–H groups in total. The van der Waals surface area contributed by atoms with Crippen molar-refractivity contribution < 1.29 is 9.53 Å². The van der Waals surface area contributed by atoms with Gasteiger partial charge in [0.2, 0.25) is 5.91 Å².